The Morgan fingerprint density at radius 3 is 3.00 bits per heavy atom. The smallest absolute Gasteiger partial charge is 0.190 e. The molecule has 16 heavy (non-hydrogen) atoms. The van der Waals surface area contributed by atoms with Gasteiger partial charge in [-0.15, -0.1) is 0 Å². The van der Waals surface area contributed by atoms with Crippen LogP contribution in [0.3, 0.4) is 0 Å². The first-order valence-electron chi connectivity index (χ1n) is 5.97. The number of rotatable bonds is 3. The maximum Gasteiger partial charge on any atom is 0.190 e. The number of fused-ring (bicyclic) bond motifs is 1. The lowest BCUT2D eigenvalue weighted by Gasteiger charge is -2.24. The fraction of sp³-hybridized carbons (Fsp3) is 0.500. The molecule has 2 nitrogen and oxygen atoms in total. The van der Waals surface area contributed by atoms with Gasteiger partial charge in [-0.05, 0) is 44.0 Å². The highest BCUT2D eigenvalue weighted by molar-refractivity contribution is 5.58. The average molecular weight is 214 g/mol. The SMILES string of the molecule is [C-]#[N+]c1cccc2c1CC[C@@H]2N(C)CCC. The van der Waals surface area contributed by atoms with Gasteiger partial charge < -0.3 is 0 Å². The van der Waals surface area contributed by atoms with E-state index < -0.39 is 0 Å². The molecule has 0 unspecified atom stereocenters. The van der Waals surface area contributed by atoms with E-state index in [-0.39, 0.29) is 0 Å². The van der Waals surface area contributed by atoms with Gasteiger partial charge in [0.15, 0.2) is 5.69 Å². The summed E-state index contributed by atoms with van der Waals surface area (Å²) in [6, 6.07) is 6.67. The van der Waals surface area contributed by atoms with Crippen LogP contribution in [0.1, 0.15) is 36.9 Å². The second-order valence-corrected chi connectivity index (χ2v) is 4.49. The van der Waals surface area contributed by atoms with E-state index in [1.807, 2.05) is 12.1 Å². The molecule has 1 aliphatic rings. The fourth-order valence-corrected chi connectivity index (χ4v) is 2.68. The van der Waals surface area contributed by atoms with Crippen molar-refractivity contribution in [1.29, 1.82) is 0 Å². The Kier molecular flexibility index (Phi) is 3.26. The highest BCUT2D eigenvalue weighted by Gasteiger charge is 2.26. The number of hydrogen-bond donors (Lipinski definition) is 0. The molecule has 1 aromatic carbocycles. The Balaban J connectivity index is 2.30. The molecule has 2 rings (SSSR count). The summed E-state index contributed by atoms with van der Waals surface area (Å²) < 4.78 is 0. The minimum absolute atomic E-state index is 0.525. The Labute approximate surface area is 97.7 Å². The van der Waals surface area contributed by atoms with Gasteiger partial charge in [0, 0.05) is 6.04 Å². The van der Waals surface area contributed by atoms with Crippen molar-refractivity contribution in [3.05, 3.63) is 40.7 Å². The molecule has 0 saturated heterocycles. The van der Waals surface area contributed by atoms with Crippen LogP contribution in [0.2, 0.25) is 0 Å². The summed E-state index contributed by atoms with van der Waals surface area (Å²) >= 11 is 0. The van der Waals surface area contributed by atoms with Gasteiger partial charge in [-0.25, -0.2) is 4.85 Å². The van der Waals surface area contributed by atoms with Crippen molar-refractivity contribution in [2.75, 3.05) is 13.6 Å². The standard InChI is InChI=1S/C14H18N2/c1-4-10-16(3)14-9-8-11-12(14)6-5-7-13(11)15-2/h5-7,14H,4,8-10H2,1,3H3/t14-/m0/s1. The minimum atomic E-state index is 0.525. The molecule has 0 aromatic heterocycles. The Morgan fingerprint density at radius 2 is 2.31 bits per heavy atom. The Bertz CT molecular complexity index is 417. The Morgan fingerprint density at radius 1 is 1.50 bits per heavy atom. The van der Waals surface area contributed by atoms with Crippen LogP contribution >= 0.6 is 0 Å². The van der Waals surface area contributed by atoms with E-state index in [0.717, 1.165) is 18.7 Å². The van der Waals surface area contributed by atoms with Crippen molar-refractivity contribution in [3.63, 3.8) is 0 Å². The van der Waals surface area contributed by atoms with Gasteiger partial charge in [-0.1, -0.05) is 25.1 Å². The van der Waals surface area contributed by atoms with Crippen LogP contribution in [0.5, 0.6) is 0 Å². The average Bonchev–Trinajstić information content (AvgIpc) is 2.72. The van der Waals surface area contributed by atoms with E-state index in [1.165, 1.54) is 24.0 Å². The number of benzene rings is 1. The largest absolute Gasteiger partial charge is 0.299 e. The number of hydrogen-bond acceptors (Lipinski definition) is 1. The van der Waals surface area contributed by atoms with Crippen molar-refractivity contribution < 1.29 is 0 Å². The van der Waals surface area contributed by atoms with Gasteiger partial charge in [0.25, 0.3) is 0 Å². The first-order valence-corrected chi connectivity index (χ1v) is 5.97. The molecule has 1 aromatic rings. The molecule has 0 fully saturated rings. The summed E-state index contributed by atoms with van der Waals surface area (Å²) in [5.74, 6) is 0. The summed E-state index contributed by atoms with van der Waals surface area (Å²) in [5, 5.41) is 0. The van der Waals surface area contributed by atoms with Crippen LogP contribution in [-0.2, 0) is 6.42 Å². The monoisotopic (exact) mass is 214 g/mol. The van der Waals surface area contributed by atoms with Crippen molar-refractivity contribution >= 4 is 5.69 Å². The molecule has 1 atom stereocenters. The molecule has 0 radical (unpaired) electrons. The minimum Gasteiger partial charge on any atom is -0.299 e. The lowest BCUT2D eigenvalue weighted by atomic mass is 10.1. The summed E-state index contributed by atoms with van der Waals surface area (Å²) in [7, 11) is 2.19. The van der Waals surface area contributed by atoms with E-state index in [4.69, 9.17) is 6.57 Å². The van der Waals surface area contributed by atoms with Crippen molar-refractivity contribution in [3.8, 4) is 0 Å². The maximum atomic E-state index is 7.18. The van der Waals surface area contributed by atoms with E-state index >= 15 is 0 Å². The van der Waals surface area contributed by atoms with E-state index in [9.17, 15) is 0 Å². The summed E-state index contributed by atoms with van der Waals surface area (Å²) in [6.07, 6.45) is 3.41. The molecule has 0 heterocycles. The highest BCUT2D eigenvalue weighted by Crippen LogP contribution is 2.39. The van der Waals surface area contributed by atoms with Gasteiger partial charge in [0.05, 0.1) is 6.57 Å². The van der Waals surface area contributed by atoms with Gasteiger partial charge >= 0.3 is 0 Å². The normalized spacial score (nSPS) is 18.5. The molecule has 0 aliphatic heterocycles. The lowest BCUT2D eigenvalue weighted by molar-refractivity contribution is 0.245. The topological polar surface area (TPSA) is 7.60 Å². The van der Waals surface area contributed by atoms with Crippen LogP contribution in [0.25, 0.3) is 4.85 Å². The molecule has 0 N–H and O–H groups in total. The van der Waals surface area contributed by atoms with Crippen LogP contribution < -0.4 is 0 Å². The molecule has 0 bridgehead atoms. The molecule has 0 spiro atoms. The molecule has 0 amide bonds. The molecule has 0 saturated carbocycles. The van der Waals surface area contributed by atoms with Gasteiger partial charge in [-0.3, -0.25) is 4.90 Å². The first-order chi connectivity index (χ1) is 7.77. The van der Waals surface area contributed by atoms with Gasteiger partial charge in [0.1, 0.15) is 0 Å². The Hall–Kier alpha value is -1.33. The van der Waals surface area contributed by atoms with Crippen LogP contribution in [-0.4, -0.2) is 18.5 Å². The van der Waals surface area contributed by atoms with Gasteiger partial charge in [-0.2, -0.15) is 0 Å². The molecule has 1 aliphatic carbocycles. The van der Waals surface area contributed by atoms with Crippen molar-refractivity contribution in [1.82, 2.24) is 4.90 Å². The van der Waals surface area contributed by atoms with Crippen molar-refractivity contribution in [2.45, 2.75) is 32.2 Å². The molecular formula is C14H18N2. The summed E-state index contributed by atoms with van der Waals surface area (Å²) in [4.78, 5) is 6.03. The van der Waals surface area contributed by atoms with Crippen molar-refractivity contribution in [2.24, 2.45) is 0 Å². The zero-order valence-corrected chi connectivity index (χ0v) is 10.0. The predicted octanol–water partition coefficient (Wildman–Crippen LogP) is 3.57. The third-order valence-electron chi connectivity index (χ3n) is 3.44. The zero-order valence-electron chi connectivity index (χ0n) is 10.0. The van der Waals surface area contributed by atoms with Crippen LogP contribution in [0.15, 0.2) is 18.2 Å². The van der Waals surface area contributed by atoms with Crippen LogP contribution in [0.4, 0.5) is 5.69 Å². The highest BCUT2D eigenvalue weighted by atomic mass is 15.1. The quantitative estimate of drug-likeness (QED) is 0.698. The van der Waals surface area contributed by atoms with E-state index in [1.54, 1.807) is 0 Å². The third-order valence-corrected chi connectivity index (χ3v) is 3.44. The molecule has 2 heteroatoms. The zero-order chi connectivity index (χ0) is 11.5. The van der Waals surface area contributed by atoms with Gasteiger partial charge in [0.2, 0.25) is 0 Å². The molecule has 84 valence electrons. The first kappa shape index (κ1) is 11.2. The second kappa shape index (κ2) is 4.67. The summed E-state index contributed by atoms with van der Waals surface area (Å²) in [6.45, 7) is 10.5. The van der Waals surface area contributed by atoms with E-state index in [2.05, 4.69) is 29.8 Å². The number of nitrogens with zero attached hydrogens (tertiary/aromatic N) is 2. The predicted molar refractivity (Wildman–Crippen MR) is 66.7 cm³/mol. The maximum absolute atomic E-state index is 7.18. The third kappa shape index (κ3) is 1.83. The van der Waals surface area contributed by atoms with E-state index in [0.29, 0.717) is 6.04 Å². The lowest BCUT2D eigenvalue weighted by Crippen LogP contribution is -2.23. The fourth-order valence-electron chi connectivity index (χ4n) is 2.68. The second-order valence-electron chi connectivity index (χ2n) is 4.49. The van der Waals surface area contributed by atoms with Crippen LogP contribution in [0, 0.1) is 6.57 Å². The molecular weight excluding hydrogens is 196 g/mol. The summed E-state index contributed by atoms with van der Waals surface area (Å²) in [5.41, 5.74) is 3.51.